The summed E-state index contributed by atoms with van der Waals surface area (Å²) in [6, 6.07) is 5.97. The molecule has 1 aromatic carbocycles. The summed E-state index contributed by atoms with van der Waals surface area (Å²) < 4.78 is 6.15. The molecule has 1 saturated heterocycles. The van der Waals surface area contributed by atoms with Gasteiger partial charge >= 0.3 is 0 Å². The van der Waals surface area contributed by atoms with Gasteiger partial charge < -0.3 is 9.84 Å². The Balaban J connectivity index is 1.72. The summed E-state index contributed by atoms with van der Waals surface area (Å²) in [5, 5.41) is 21.6. The highest BCUT2D eigenvalue weighted by atomic mass is 16.5. The van der Waals surface area contributed by atoms with Crippen molar-refractivity contribution in [3.8, 4) is 11.8 Å². The monoisotopic (exact) mass is 364 g/mol. The van der Waals surface area contributed by atoms with E-state index in [-0.39, 0.29) is 11.8 Å². The zero-order chi connectivity index (χ0) is 19.0. The molecule has 2 unspecified atom stereocenters. The van der Waals surface area contributed by atoms with Crippen LogP contribution in [-0.2, 0) is 16.6 Å². The Hall–Kier alpha value is -2.16. The Morgan fingerprint density at radius 2 is 2.26 bits per heavy atom. The molecule has 27 heavy (non-hydrogen) atoms. The molecule has 2 aliphatic carbocycles. The van der Waals surface area contributed by atoms with Crippen LogP contribution in [0, 0.1) is 11.3 Å². The van der Waals surface area contributed by atoms with E-state index in [9.17, 15) is 15.2 Å². The Morgan fingerprint density at radius 3 is 3.00 bits per heavy atom. The van der Waals surface area contributed by atoms with Crippen molar-refractivity contribution in [2.75, 3.05) is 13.1 Å². The van der Waals surface area contributed by atoms with Crippen LogP contribution in [0.2, 0.25) is 0 Å². The lowest BCUT2D eigenvalue weighted by Gasteiger charge is -2.62. The van der Waals surface area contributed by atoms with Crippen molar-refractivity contribution in [1.82, 2.24) is 4.90 Å². The number of aliphatic hydroxyl groups is 1. The van der Waals surface area contributed by atoms with E-state index in [4.69, 9.17) is 4.74 Å². The SMILES string of the molecule is CC(C)=CCN1CC[C@@]23c4c5ccc(C#N)c4OC2C(=O)CCC3(O)[C@@H]1C5. The van der Waals surface area contributed by atoms with Crippen LogP contribution in [0.25, 0.3) is 0 Å². The quantitative estimate of drug-likeness (QED) is 0.815. The largest absolute Gasteiger partial charge is 0.480 e. The first-order chi connectivity index (χ1) is 12.9. The van der Waals surface area contributed by atoms with E-state index in [0.29, 0.717) is 30.6 Å². The van der Waals surface area contributed by atoms with Crippen LogP contribution in [0.4, 0.5) is 0 Å². The number of hydrogen-bond acceptors (Lipinski definition) is 5. The third-order valence-electron chi connectivity index (χ3n) is 7.24. The van der Waals surface area contributed by atoms with Crippen LogP contribution >= 0.6 is 0 Å². The van der Waals surface area contributed by atoms with Crippen molar-refractivity contribution in [2.45, 2.75) is 62.7 Å². The van der Waals surface area contributed by atoms with Gasteiger partial charge in [0.2, 0.25) is 0 Å². The fraction of sp³-hybridized carbons (Fsp3) is 0.545. The number of ketones is 1. The molecule has 2 bridgehead atoms. The number of Topliss-reactive ketones (excluding diaryl/α,β-unsaturated/α-hetero) is 1. The summed E-state index contributed by atoms with van der Waals surface area (Å²) in [5.74, 6) is 0.606. The lowest BCUT2D eigenvalue weighted by molar-refractivity contribution is -0.187. The molecule has 0 amide bonds. The van der Waals surface area contributed by atoms with E-state index in [1.165, 1.54) is 5.57 Å². The van der Waals surface area contributed by atoms with Gasteiger partial charge in [-0.05, 0) is 44.7 Å². The first kappa shape index (κ1) is 17.0. The zero-order valence-electron chi connectivity index (χ0n) is 15.8. The second-order valence-corrected chi connectivity index (χ2v) is 8.69. The lowest BCUT2D eigenvalue weighted by Crippen LogP contribution is -2.76. The van der Waals surface area contributed by atoms with Gasteiger partial charge in [-0.15, -0.1) is 0 Å². The number of carbonyl (C=O) groups is 1. The summed E-state index contributed by atoms with van der Waals surface area (Å²) in [7, 11) is 0. The molecule has 1 N–H and O–H groups in total. The minimum absolute atomic E-state index is 0.0348. The minimum atomic E-state index is -0.994. The fourth-order valence-electron chi connectivity index (χ4n) is 6.03. The second-order valence-electron chi connectivity index (χ2n) is 8.69. The van der Waals surface area contributed by atoms with Crippen molar-refractivity contribution >= 4 is 5.78 Å². The number of carbonyl (C=O) groups excluding carboxylic acids is 1. The molecule has 2 aliphatic heterocycles. The molecule has 140 valence electrons. The molecule has 0 radical (unpaired) electrons. The average molecular weight is 364 g/mol. The van der Waals surface area contributed by atoms with Gasteiger partial charge in [0.1, 0.15) is 11.8 Å². The van der Waals surface area contributed by atoms with Gasteiger partial charge in [0, 0.05) is 31.1 Å². The highest BCUT2D eigenvalue weighted by Crippen LogP contribution is 2.63. The van der Waals surface area contributed by atoms with Gasteiger partial charge in [-0.25, -0.2) is 0 Å². The number of hydrogen-bond donors (Lipinski definition) is 1. The van der Waals surface area contributed by atoms with Gasteiger partial charge in [-0.1, -0.05) is 17.7 Å². The topological polar surface area (TPSA) is 73.6 Å². The predicted molar refractivity (Wildman–Crippen MR) is 99.6 cm³/mol. The Bertz CT molecular complexity index is 926. The van der Waals surface area contributed by atoms with Gasteiger partial charge in [0.25, 0.3) is 0 Å². The van der Waals surface area contributed by atoms with Crippen LogP contribution in [0.3, 0.4) is 0 Å². The second kappa shape index (κ2) is 5.43. The van der Waals surface area contributed by atoms with Crippen molar-refractivity contribution in [2.24, 2.45) is 0 Å². The molecule has 5 rings (SSSR count). The highest BCUT2D eigenvalue weighted by molar-refractivity contribution is 5.90. The Kier molecular flexibility index (Phi) is 3.42. The molecule has 1 saturated carbocycles. The predicted octanol–water partition coefficient (Wildman–Crippen LogP) is 2.25. The molecule has 5 heteroatoms. The molecule has 5 nitrogen and oxygen atoms in total. The van der Waals surface area contributed by atoms with Gasteiger partial charge in [-0.3, -0.25) is 9.69 Å². The summed E-state index contributed by atoms with van der Waals surface area (Å²) in [6.45, 7) is 5.81. The number of nitriles is 1. The molecular formula is C22H24N2O3. The first-order valence-electron chi connectivity index (χ1n) is 9.78. The Morgan fingerprint density at radius 1 is 1.44 bits per heavy atom. The van der Waals surface area contributed by atoms with Crippen molar-refractivity contribution in [1.29, 1.82) is 5.26 Å². The smallest absolute Gasteiger partial charge is 0.174 e. The normalized spacial score (nSPS) is 35.9. The number of piperidine rings is 1. The van der Waals surface area contributed by atoms with E-state index in [1.807, 2.05) is 6.07 Å². The molecule has 4 atom stereocenters. The number of rotatable bonds is 2. The highest BCUT2D eigenvalue weighted by Gasteiger charge is 2.72. The van der Waals surface area contributed by atoms with Crippen LogP contribution < -0.4 is 4.74 Å². The number of allylic oxidation sites excluding steroid dienone is 1. The maximum atomic E-state index is 12.8. The summed E-state index contributed by atoms with van der Waals surface area (Å²) in [6.07, 6.45) is 3.76. The van der Waals surface area contributed by atoms with Gasteiger partial charge in [0.15, 0.2) is 11.9 Å². The fourth-order valence-corrected chi connectivity index (χ4v) is 6.03. The van der Waals surface area contributed by atoms with E-state index < -0.39 is 17.1 Å². The minimum Gasteiger partial charge on any atom is -0.480 e. The van der Waals surface area contributed by atoms with Crippen molar-refractivity contribution in [3.63, 3.8) is 0 Å². The van der Waals surface area contributed by atoms with Crippen LogP contribution in [0.1, 0.15) is 49.8 Å². The number of nitrogens with zero attached hydrogens (tertiary/aromatic N) is 2. The molecule has 1 spiro atoms. The lowest BCUT2D eigenvalue weighted by atomic mass is 9.49. The molecule has 1 aromatic rings. The van der Waals surface area contributed by atoms with Gasteiger partial charge in [-0.2, -0.15) is 5.26 Å². The third-order valence-corrected chi connectivity index (χ3v) is 7.24. The van der Waals surface area contributed by atoms with Crippen molar-refractivity contribution < 1.29 is 14.6 Å². The number of ether oxygens (including phenoxy) is 1. The standard InChI is InChI=1S/C22H24N2O3/c1-13(2)6-9-24-10-8-21-18-14-3-4-15(12-23)19(18)27-20(21)16(25)5-7-22(21,26)17(24)11-14/h3-4,6,17,20,26H,5,7-11H2,1-2H3/t17-,20?,21+,22?/m0/s1. The number of likely N-dealkylation sites (tertiary alicyclic amines) is 1. The molecule has 4 aliphatic rings. The first-order valence-corrected chi connectivity index (χ1v) is 9.78. The van der Waals surface area contributed by atoms with Crippen molar-refractivity contribution in [3.05, 3.63) is 40.5 Å². The van der Waals surface area contributed by atoms with E-state index in [1.54, 1.807) is 6.07 Å². The molecule has 2 heterocycles. The molecule has 0 aromatic heterocycles. The number of benzene rings is 1. The Labute approximate surface area is 159 Å². The maximum Gasteiger partial charge on any atom is 0.174 e. The zero-order valence-corrected chi connectivity index (χ0v) is 15.8. The summed E-state index contributed by atoms with van der Waals surface area (Å²) in [4.78, 5) is 15.2. The summed E-state index contributed by atoms with van der Waals surface area (Å²) >= 11 is 0. The molecular weight excluding hydrogens is 340 g/mol. The van der Waals surface area contributed by atoms with E-state index in [2.05, 4.69) is 30.9 Å². The molecule has 2 fully saturated rings. The van der Waals surface area contributed by atoms with Crippen LogP contribution in [-0.4, -0.2) is 46.6 Å². The third kappa shape index (κ3) is 1.93. The van der Waals surface area contributed by atoms with Gasteiger partial charge in [0.05, 0.1) is 16.6 Å². The van der Waals surface area contributed by atoms with Crippen LogP contribution in [0.15, 0.2) is 23.8 Å². The summed E-state index contributed by atoms with van der Waals surface area (Å²) in [5.41, 5.74) is 2.10. The average Bonchev–Trinajstić information content (AvgIpc) is 2.99. The van der Waals surface area contributed by atoms with Crippen LogP contribution in [0.5, 0.6) is 5.75 Å². The van der Waals surface area contributed by atoms with E-state index in [0.717, 1.165) is 30.6 Å². The maximum absolute atomic E-state index is 12.8. The van der Waals surface area contributed by atoms with E-state index >= 15 is 0 Å².